The van der Waals surface area contributed by atoms with Gasteiger partial charge in [0.15, 0.2) is 0 Å². The fraction of sp³-hybridized carbons (Fsp3) is 0.611. The molecule has 1 fully saturated rings. The number of nitrogens with one attached hydrogen (secondary N) is 1. The Labute approximate surface area is 148 Å². The van der Waals surface area contributed by atoms with Gasteiger partial charge < -0.3 is 10.2 Å². The van der Waals surface area contributed by atoms with Crippen LogP contribution in [0.1, 0.15) is 55.8 Å². The van der Waals surface area contributed by atoms with E-state index in [2.05, 4.69) is 17.2 Å². The van der Waals surface area contributed by atoms with E-state index in [0.29, 0.717) is 23.8 Å². The highest BCUT2D eigenvalue weighted by Gasteiger charge is 2.28. The number of unbranched alkanes of at least 4 members (excludes halogenated alkanes) is 3. The third kappa shape index (κ3) is 5.48. The molecule has 5 nitrogen and oxygen atoms in total. The predicted octanol–water partition coefficient (Wildman–Crippen LogP) is 3.28. The molecule has 1 aromatic rings. The van der Waals surface area contributed by atoms with Crippen molar-refractivity contribution in [3.05, 3.63) is 29.0 Å². The van der Waals surface area contributed by atoms with Gasteiger partial charge in [-0.3, -0.25) is 9.59 Å². The van der Waals surface area contributed by atoms with E-state index in [0.717, 1.165) is 32.2 Å². The molecule has 6 heteroatoms. The lowest BCUT2D eigenvalue weighted by molar-refractivity contribution is -0.126. The van der Waals surface area contributed by atoms with E-state index < -0.39 is 0 Å². The van der Waals surface area contributed by atoms with Crippen molar-refractivity contribution >= 4 is 23.4 Å². The van der Waals surface area contributed by atoms with Gasteiger partial charge in [-0.15, -0.1) is 0 Å². The number of rotatable bonds is 7. The molecule has 2 rings (SSSR count). The number of carbonyl (C=O) groups excluding carboxylic acids is 2. The van der Waals surface area contributed by atoms with Crippen LogP contribution < -0.4 is 5.32 Å². The number of halogens is 1. The third-order valence-corrected chi connectivity index (χ3v) is 4.59. The Morgan fingerprint density at radius 1 is 1.38 bits per heavy atom. The van der Waals surface area contributed by atoms with Crippen molar-refractivity contribution in [1.82, 2.24) is 15.2 Å². The maximum Gasteiger partial charge on any atom is 0.254 e. The van der Waals surface area contributed by atoms with Crippen LogP contribution >= 0.6 is 11.6 Å². The molecular formula is C18H26ClN3O2. The number of likely N-dealkylation sites (tertiary alicyclic amines) is 1. The lowest BCUT2D eigenvalue weighted by Gasteiger charge is -2.32. The molecule has 1 saturated heterocycles. The molecule has 1 atom stereocenters. The summed E-state index contributed by atoms with van der Waals surface area (Å²) >= 11 is 5.85. The molecule has 1 aliphatic rings. The molecule has 1 aromatic heterocycles. The lowest BCUT2D eigenvalue weighted by Crippen LogP contribution is -2.45. The first kappa shape index (κ1) is 18.7. The average Bonchev–Trinajstić information content (AvgIpc) is 2.61. The van der Waals surface area contributed by atoms with Gasteiger partial charge in [-0.25, -0.2) is 4.98 Å². The van der Waals surface area contributed by atoms with Crippen LogP contribution in [-0.4, -0.2) is 41.3 Å². The molecule has 2 heterocycles. The minimum absolute atomic E-state index is 0.0664. The molecule has 1 aliphatic heterocycles. The number of pyridine rings is 1. The highest BCUT2D eigenvalue weighted by molar-refractivity contribution is 6.29. The molecule has 24 heavy (non-hydrogen) atoms. The summed E-state index contributed by atoms with van der Waals surface area (Å²) in [5.74, 6) is -0.136. The number of nitrogens with zero attached hydrogens (tertiary/aromatic N) is 2. The van der Waals surface area contributed by atoms with E-state index >= 15 is 0 Å². The highest BCUT2D eigenvalue weighted by atomic mass is 35.5. The minimum atomic E-state index is -0.119. The second-order valence-corrected chi connectivity index (χ2v) is 6.70. The Morgan fingerprint density at radius 2 is 2.21 bits per heavy atom. The summed E-state index contributed by atoms with van der Waals surface area (Å²) in [7, 11) is 0. The van der Waals surface area contributed by atoms with Gasteiger partial charge in [-0.2, -0.15) is 0 Å². The van der Waals surface area contributed by atoms with Crippen molar-refractivity contribution in [2.45, 2.75) is 45.4 Å². The number of carbonyl (C=O) groups is 2. The van der Waals surface area contributed by atoms with E-state index in [4.69, 9.17) is 11.6 Å². The van der Waals surface area contributed by atoms with Gasteiger partial charge >= 0.3 is 0 Å². The van der Waals surface area contributed by atoms with Crippen LogP contribution in [0.15, 0.2) is 18.3 Å². The van der Waals surface area contributed by atoms with Crippen molar-refractivity contribution < 1.29 is 9.59 Å². The third-order valence-electron chi connectivity index (χ3n) is 4.38. The van der Waals surface area contributed by atoms with E-state index in [1.54, 1.807) is 17.0 Å². The molecule has 0 spiro atoms. The molecular weight excluding hydrogens is 326 g/mol. The number of amides is 2. The molecule has 1 N–H and O–H groups in total. The summed E-state index contributed by atoms with van der Waals surface area (Å²) in [6.07, 6.45) is 7.77. The van der Waals surface area contributed by atoms with Gasteiger partial charge in [0.1, 0.15) is 5.15 Å². The lowest BCUT2D eigenvalue weighted by atomic mass is 9.96. The summed E-state index contributed by atoms with van der Waals surface area (Å²) < 4.78 is 0. The van der Waals surface area contributed by atoms with Crippen LogP contribution in [-0.2, 0) is 4.79 Å². The van der Waals surface area contributed by atoms with Crippen LogP contribution in [0.5, 0.6) is 0 Å². The molecule has 1 unspecified atom stereocenters. The van der Waals surface area contributed by atoms with Gasteiger partial charge in [-0.1, -0.05) is 37.8 Å². The fourth-order valence-corrected chi connectivity index (χ4v) is 3.18. The number of hydrogen-bond acceptors (Lipinski definition) is 3. The smallest absolute Gasteiger partial charge is 0.254 e. The van der Waals surface area contributed by atoms with E-state index in [9.17, 15) is 9.59 Å². The number of aromatic nitrogens is 1. The van der Waals surface area contributed by atoms with Crippen molar-refractivity contribution in [1.29, 1.82) is 0 Å². The summed E-state index contributed by atoms with van der Waals surface area (Å²) in [5, 5.41) is 3.32. The Balaban J connectivity index is 1.84. The van der Waals surface area contributed by atoms with Crippen LogP contribution in [0.25, 0.3) is 0 Å². The van der Waals surface area contributed by atoms with Crippen LogP contribution in [0.3, 0.4) is 0 Å². The van der Waals surface area contributed by atoms with Crippen molar-refractivity contribution in [3.8, 4) is 0 Å². The van der Waals surface area contributed by atoms with Crippen LogP contribution in [0.2, 0.25) is 5.15 Å². The molecule has 0 bridgehead atoms. The Hall–Kier alpha value is -1.62. The average molecular weight is 352 g/mol. The molecule has 0 radical (unpaired) electrons. The quantitative estimate of drug-likeness (QED) is 0.605. The molecule has 0 saturated carbocycles. The Kier molecular flexibility index (Phi) is 7.50. The first-order valence-corrected chi connectivity index (χ1v) is 9.18. The topological polar surface area (TPSA) is 62.3 Å². The number of hydrogen-bond donors (Lipinski definition) is 1. The van der Waals surface area contributed by atoms with Gasteiger partial charge in [0.25, 0.3) is 5.91 Å². The number of piperidine rings is 1. The summed E-state index contributed by atoms with van der Waals surface area (Å²) in [5.41, 5.74) is 0.524. The minimum Gasteiger partial charge on any atom is -0.356 e. The molecule has 0 aliphatic carbocycles. The van der Waals surface area contributed by atoms with Crippen LogP contribution in [0, 0.1) is 5.92 Å². The molecule has 2 amide bonds. The summed E-state index contributed by atoms with van der Waals surface area (Å²) in [6.45, 7) is 4.05. The zero-order chi connectivity index (χ0) is 17.4. The summed E-state index contributed by atoms with van der Waals surface area (Å²) in [4.78, 5) is 30.5. The first-order valence-electron chi connectivity index (χ1n) is 8.80. The zero-order valence-corrected chi connectivity index (χ0v) is 15.0. The maximum absolute atomic E-state index is 12.6. The van der Waals surface area contributed by atoms with Crippen molar-refractivity contribution in [3.63, 3.8) is 0 Å². The zero-order valence-electron chi connectivity index (χ0n) is 14.3. The van der Waals surface area contributed by atoms with Crippen LogP contribution in [0.4, 0.5) is 0 Å². The fourth-order valence-electron chi connectivity index (χ4n) is 3.00. The molecule has 0 aromatic carbocycles. The van der Waals surface area contributed by atoms with E-state index in [-0.39, 0.29) is 17.7 Å². The van der Waals surface area contributed by atoms with Gasteiger partial charge in [-0.05, 0) is 31.4 Å². The predicted molar refractivity (Wildman–Crippen MR) is 95.0 cm³/mol. The van der Waals surface area contributed by atoms with Crippen molar-refractivity contribution in [2.75, 3.05) is 19.6 Å². The normalized spacial score (nSPS) is 17.6. The Bertz CT molecular complexity index is 565. The maximum atomic E-state index is 12.6. The van der Waals surface area contributed by atoms with Crippen molar-refractivity contribution in [2.24, 2.45) is 5.92 Å². The SMILES string of the molecule is CCCCCCNC(=O)C1CCCN(C(=O)c2ccnc(Cl)c2)C1. The largest absolute Gasteiger partial charge is 0.356 e. The highest BCUT2D eigenvalue weighted by Crippen LogP contribution is 2.19. The monoisotopic (exact) mass is 351 g/mol. The van der Waals surface area contributed by atoms with E-state index in [1.165, 1.54) is 19.0 Å². The second-order valence-electron chi connectivity index (χ2n) is 6.31. The standard InChI is InChI=1S/C18H26ClN3O2/c1-2-3-4-5-9-21-17(23)15-7-6-11-22(13-15)18(24)14-8-10-20-16(19)12-14/h8,10,12,15H,2-7,9,11,13H2,1H3,(H,21,23). The van der Waals surface area contributed by atoms with Gasteiger partial charge in [0.05, 0.1) is 5.92 Å². The van der Waals surface area contributed by atoms with E-state index in [1.807, 2.05) is 0 Å². The first-order chi connectivity index (χ1) is 11.6. The summed E-state index contributed by atoms with van der Waals surface area (Å²) in [6, 6.07) is 3.23. The Morgan fingerprint density at radius 3 is 2.96 bits per heavy atom. The molecule has 132 valence electrons. The second kappa shape index (κ2) is 9.62. The van der Waals surface area contributed by atoms with Gasteiger partial charge in [0, 0.05) is 31.4 Å². The van der Waals surface area contributed by atoms with Gasteiger partial charge in [0.2, 0.25) is 5.91 Å².